The van der Waals surface area contributed by atoms with E-state index in [1.807, 2.05) is 0 Å². The zero-order chi connectivity index (χ0) is 12.4. The minimum absolute atomic E-state index is 0.0354. The Kier molecular flexibility index (Phi) is 9.04. The van der Waals surface area contributed by atoms with Crippen molar-refractivity contribution in [2.45, 2.75) is 57.7 Å². The van der Waals surface area contributed by atoms with E-state index in [0.717, 1.165) is 19.3 Å². The van der Waals surface area contributed by atoms with Crippen LogP contribution in [0.3, 0.4) is 0 Å². The lowest BCUT2D eigenvalue weighted by Gasteiger charge is -2.18. The van der Waals surface area contributed by atoms with Crippen LogP contribution in [0.15, 0.2) is 0 Å². The first-order valence-electron chi connectivity index (χ1n) is 5.83. The van der Waals surface area contributed by atoms with Crippen LogP contribution in [-0.2, 0) is 9.59 Å². The number of aldehydes is 1. The number of hydrogen-bond donors (Lipinski definition) is 2. The maximum Gasteiger partial charge on any atom is 0.204 e. The molecule has 2 N–H and O–H groups in total. The molecular formula is C12H21O4. The fourth-order valence-electron chi connectivity index (χ4n) is 1.58. The monoisotopic (exact) mass is 229 g/mol. The molecule has 16 heavy (non-hydrogen) atoms. The summed E-state index contributed by atoms with van der Waals surface area (Å²) in [6.45, 7) is 2.07. The second-order valence-electron chi connectivity index (χ2n) is 4.08. The fraction of sp³-hybridized carbons (Fsp3) is 0.833. The molecule has 0 aromatic rings. The third-order valence-electron chi connectivity index (χ3n) is 2.62. The first kappa shape index (κ1) is 15.3. The number of aliphatic hydroxyl groups excluding tert-OH is 2. The van der Waals surface area contributed by atoms with E-state index < -0.39 is 18.1 Å². The van der Waals surface area contributed by atoms with Crippen molar-refractivity contribution in [1.82, 2.24) is 0 Å². The third-order valence-corrected chi connectivity index (χ3v) is 2.62. The van der Waals surface area contributed by atoms with Gasteiger partial charge in [0.2, 0.25) is 6.29 Å². The maximum absolute atomic E-state index is 10.5. The third kappa shape index (κ3) is 6.69. The zero-order valence-electron chi connectivity index (χ0n) is 9.76. The van der Waals surface area contributed by atoms with Crippen molar-refractivity contribution in [3.8, 4) is 0 Å². The van der Waals surface area contributed by atoms with Crippen LogP contribution in [0.1, 0.15) is 45.4 Å². The second-order valence-corrected chi connectivity index (χ2v) is 4.08. The normalized spacial score (nSPS) is 16.4. The number of rotatable bonds is 10. The van der Waals surface area contributed by atoms with Gasteiger partial charge in [-0.05, 0) is 12.8 Å². The van der Waals surface area contributed by atoms with Crippen LogP contribution >= 0.6 is 0 Å². The molecule has 0 spiro atoms. The van der Waals surface area contributed by atoms with Crippen molar-refractivity contribution in [2.75, 3.05) is 0 Å². The molecule has 0 heterocycles. The number of aliphatic hydroxyl groups is 2. The lowest BCUT2D eigenvalue weighted by atomic mass is 9.94. The molecule has 0 rings (SSSR count). The number of carbonyl (C=O) groups excluding carboxylic acids is 2. The highest BCUT2D eigenvalue weighted by Gasteiger charge is 2.21. The standard InChI is InChI=1S/C12H21O4/c1-2-3-4-5-11(15)8-12(16)10(9-14)6-7-13/h7,10-12,15-16H,2-6,8H2,1H3. The molecule has 1 radical (unpaired) electrons. The molecule has 4 nitrogen and oxygen atoms in total. The smallest absolute Gasteiger partial charge is 0.204 e. The molecular weight excluding hydrogens is 208 g/mol. The molecule has 0 aromatic carbocycles. The minimum Gasteiger partial charge on any atom is -0.393 e. The molecule has 0 aliphatic heterocycles. The van der Waals surface area contributed by atoms with E-state index in [9.17, 15) is 19.8 Å². The topological polar surface area (TPSA) is 74.6 Å². The van der Waals surface area contributed by atoms with E-state index in [0.29, 0.717) is 12.7 Å². The van der Waals surface area contributed by atoms with Gasteiger partial charge >= 0.3 is 0 Å². The van der Waals surface area contributed by atoms with E-state index in [2.05, 4.69) is 6.92 Å². The Bertz CT molecular complexity index is 193. The maximum atomic E-state index is 10.5. The molecule has 93 valence electrons. The highest BCUT2D eigenvalue weighted by Crippen LogP contribution is 2.14. The number of carbonyl (C=O) groups is 1. The molecule has 4 heteroatoms. The van der Waals surface area contributed by atoms with Crippen LogP contribution in [0.25, 0.3) is 0 Å². The Balaban J connectivity index is 3.85. The Morgan fingerprint density at radius 2 is 2.00 bits per heavy atom. The molecule has 0 aliphatic rings. The van der Waals surface area contributed by atoms with Crippen molar-refractivity contribution in [3.05, 3.63) is 0 Å². The van der Waals surface area contributed by atoms with Crippen molar-refractivity contribution in [3.63, 3.8) is 0 Å². The Morgan fingerprint density at radius 1 is 1.31 bits per heavy atom. The van der Waals surface area contributed by atoms with Crippen LogP contribution in [0, 0.1) is 5.92 Å². The molecule has 0 saturated carbocycles. The van der Waals surface area contributed by atoms with Crippen LogP contribution in [0.4, 0.5) is 0 Å². The first-order chi connectivity index (χ1) is 7.65. The molecule has 0 bridgehead atoms. The quantitative estimate of drug-likeness (QED) is 0.433. The predicted molar refractivity (Wildman–Crippen MR) is 60.6 cm³/mol. The first-order valence-corrected chi connectivity index (χ1v) is 5.83. The van der Waals surface area contributed by atoms with Gasteiger partial charge in [-0.1, -0.05) is 26.2 Å². The summed E-state index contributed by atoms with van der Waals surface area (Å²) in [5.74, 6) is -0.807. The Hall–Kier alpha value is -0.740. The summed E-state index contributed by atoms with van der Waals surface area (Å²) in [4.78, 5) is 20.7. The van der Waals surface area contributed by atoms with Gasteiger partial charge in [0.05, 0.1) is 18.1 Å². The van der Waals surface area contributed by atoms with Gasteiger partial charge in [-0.3, -0.25) is 4.79 Å². The van der Waals surface area contributed by atoms with E-state index in [1.165, 1.54) is 0 Å². The minimum atomic E-state index is -0.973. The number of unbranched alkanes of at least 4 members (excludes halogenated alkanes) is 2. The van der Waals surface area contributed by atoms with Crippen LogP contribution < -0.4 is 0 Å². The van der Waals surface area contributed by atoms with Crippen LogP contribution in [-0.4, -0.2) is 35.0 Å². The Morgan fingerprint density at radius 3 is 2.50 bits per heavy atom. The highest BCUT2D eigenvalue weighted by atomic mass is 16.3. The van der Waals surface area contributed by atoms with Crippen LogP contribution in [0.5, 0.6) is 0 Å². The second kappa shape index (κ2) is 9.48. The largest absolute Gasteiger partial charge is 0.393 e. The van der Waals surface area contributed by atoms with Gasteiger partial charge in [-0.2, -0.15) is 0 Å². The van der Waals surface area contributed by atoms with Gasteiger partial charge in [0.15, 0.2) is 0 Å². The van der Waals surface area contributed by atoms with Gasteiger partial charge in [0.1, 0.15) is 6.29 Å². The average molecular weight is 229 g/mol. The predicted octanol–water partition coefficient (Wildman–Crippen LogP) is 0.994. The molecule has 0 amide bonds. The van der Waals surface area contributed by atoms with E-state index >= 15 is 0 Å². The highest BCUT2D eigenvalue weighted by molar-refractivity contribution is 5.63. The Labute approximate surface area is 96.7 Å². The summed E-state index contributed by atoms with van der Waals surface area (Å²) >= 11 is 0. The lowest BCUT2D eigenvalue weighted by molar-refractivity contribution is -0.109. The molecule has 0 aromatic heterocycles. The van der Waals surface area contributed by atoms with Gasteiger partial charge < -0.3 is 15.0 Å². The molecule has 0 aliphatic carbocycles. The summed E-state index contributed by atoms with van der Waals surface area (Å²) in [5.41, 5.74) is 0. The van der Waals surface area contributed by atoms with Gasteiger partial charge in [0.25, 0.3) is 0 Å². The van der Waals surface area contributed by atoms with Gasteiger partial charge in [-0.15, -0.1) is 0 Å². The van der Waals surface area contributed by atoms with Crippen molar-refractivity contribution in [2.24, 2.45) is 5.92 Å². The lowest BCUT2D eigenvalue weighted by Crippen LogP contribution is -2.27. The summed E-state index contributed by atoms with van der Waals surface area (Å²) < 4.78 is 0. The van der Waals surface area contributed by atoms with E-state index in [1.54, 1.807) is 6.29 Å². The SMILES string of the molecule is CCCCCC(O)CC(O)C([C]=O)CC=O. The summed E-state index contributed by atoms with van der Waals surface area (Å²) in [6.07, 6.45) is 4.39. The fourth-order valence-corrected chi connectivity index (χ4v) is 1.58. The molecule has 3 atom stereocenters. The average Bonchev–Trinajstić information content (AvgIpc) is 2.26. The number of hydrogen-bond acceptors (Lipinski definition) is 4. The van der Waals surface area contributed by atoms with Gasteiger partial charge in [0, 0.05) is 6.42 Å². The summed E-state index contributed by atoms with van der Waals surface area (Å²) in [7, 11) is 0. The molecule has 3 unspecified atom stereocenters. The zero-order valence-corrected chi connectivity index (χ0v) is 9.76. The molecule has 0 fully saturated rings. The molecule has 0 saturated heterocycles. The van der Waals surface area contributed by atoms with E-state index in [4.69, 9.17) is 0 Å². The van der Waals surface area contributed by atoms with E-state index in [-0.39, 0.29) is 12.8 Å². The summed E-state index contributed by atoms with van der Waals surface area (Å²) in [6, 6.07) is 0. The van der Waals surface area contributed by atoms with Crippen molar-refractivity contribution < 1.29 is 19.8 Å². The van der Waals surface area contributed by atoms with Crippen molar-refractivity contribution >= 4 is 12.6 Å². The van der Waals surface area contributed by atoms with Gasteiger partial charge in [-0.25, -0.2) is 0 Å². The van der Waals surface area contributed by atoms with Crippen LogP contribution in [0.2, 0.25) is 0 Å². The van der Waals surface area contributed by atoms with Crippen molar-refractivity contribution in [1.29, 1.82) is 0 Å². The summed E-state index contributed by atoms with van der Waals surface area (Å²) in [5, 5.41) is 19.2.